The van der Waals surface area contributed by atoms with E-state index in [9.17, 15) is 0 Å². The van der Waals surface area contributed by atoms with Gasteiger partial charge >= 0.3 is 0 Å². The maximum absolute atomic E-state index is 6.51. The van der Waals surface area contributed by atoms with Crippen LogP contribution in [-0.2, 0) is 5.41 Å². The third kappa shape index (κ3) is 5.07. The van der Waals surface area contributed by atoms with Crippen LogP contribution in [0.1, 0.15) is 22.3 Å². The maximum atomic E-state index is 6.51. The average molecular weight is 802 g/mol. The molecule has 0 atom stereocenters. The Morgan fingerprint density at radius 1 is 0.286 bits per heavy atom. The molecular formula is C61H39NO. The van der Waals surface area contributed by atoms with Gasteiger partial charge in [0.25, 0.3) is 0 Å². The molecule has 0 N–H and O–H groups in total. The number of hydrogen-bond donors (Lipinski definition) is 0. The van der Waals surface area contributed by atoms with Crippen molar-refractivity contribution in [1.29, 1.82) is 0 Å². The van der Waals surface area contributed by atoms with Crippen molar-refractivity contribution in [2.24, 2.45) is 0 Å². The molecular weight excluding hydrogens is 763 g/mol. The van der Waals surface area contributed by atoms with Gasteiger partial charge in [-0.05, 0) is 91.5 Å². The van der Waals surface area contributed by atoms with E-state index in [-0.39, 0.29) is 0 Å². The van der Waals surface area contributed by atoms with Crippen molar-refractivity contribution in [3.8, 4) is 55.6 Å². The molecule has 0 saturated carbocycles. The quantitative estimate of drug-likeness (QED) is 0.167. The van der Waals surface area contributed by atoms with E-state index in [0.717, 1.165) is 55.7 Å². The molecule has 0 aliphatic heterocycles. The summed E-state index contributed by atoms with van der Waals surface area (Å²) < 4.78 is 6.51. The molecule has 0 radical (unpaired) electrons. The van der Waals surface area contributed by atoms with Crippen LogP contribution in [0, 0.1) is 0 Å². The standard InChI is InChI=1S/C61H39NO/c1-2-20-40(21-3-1)41-22-4-5-23-42(41)45-26-9-15-35-54(45)62(55-36-16-10-27-46(55)47-30-18-39-58-59(47)49-29-11-17-38-57(49)63-58)56-37-19-34-53-60(56)48-28-8-14-33-52(48)61(53)50-31-12-6-24-43(50)44-25-7-13-32-51(44)61/h1-39H. The van der Waals surface area contributed by atoms with Gasteiger partial charge in [0.05, 0.1) is 22.5 Å². The summed E-state index contributed by atoms with van der Waals surface area (Å²) in [6.07, 6.45) is 0. The van der Waals surface area contributed by atoms with Crippen LogP contribution in [0.3, 0.4) is 0 Å². The van der Waals surface area contributed by atoms with Crippen molar-refractivity contribution in [3.05, 3.63) is 259 Å². The smallest absolute Gasteiger partial charge is 0.136 e. The van der Waals surface area contributed by atoms with Crippen molar-refractivity contribution >= 4 is 39.0 Å². The molecule has 2 aliphatic carbocycles. The third-order valence-corrected chi connectivity index (χ3v) is 13.5. The molecule has 10 aromatic carbocycles. The molecule has 0 fully saturated rings. The Morgan fingerprint density at radius 3 is 1.43 bits per heavy atom. The van der Waals surface area contributed by atoms with Gasteiger partial charge in [-0.25, -0.2) is 0 Å². The molecule has 2 heteroatoms. The van der Waals surface area contributed by atoms with Crippen molar-refractivity contribution in [2.45, 2.75) is 5.41 Å². The number of para-hydroxylation sites is 3. The van der Waals surface area contributed by atoms with E-state index in [4.69, 9.17) is 4.42 Å². The van der Waals surface area contributed by atoms with Crippen molar-refractivity contribution in [3.63, 3.8) is 0 Å². The first-order valence-corrected chi connectivity index (χ1v) is 21.8. The number of anilines is 3. The summed E-state index contributed by atoms with van der Waals surface area (Å²) in [5.74, 6) is 0. The molecule has 2 aliphatic rings. The summed E-state index contributed by atoms with van der Waals surface area (Å²) in [5, 5.41) is 2.22. The van der Waals surface area contributed by atoms with E-state index in [0.29, 0.717) is 0 Å². The molecule has 1 heterocycles. The molecule has 11 aromatic rings. The normalized spacial score (nSPS) is 12.9. The molecule has 1 spiro atoms. The Balaban J connectivity index is 1.15. The predicted octanol–water partition coefficient (Wildman–Crippen LogP) is 16.4. The molecule has 0 saturated heterocycles. The van der Waals surface area contributed by atoms with E-state index in [1.165, 1.54) is 61.2 Å². The lowest BCUT2D eigenvalue weighted by atomic mass is 9.70. The summed E-state index contributed by atoms with van der Waals surface area (Å²) >= 11 is 0. The van der Waals surface area contributed by atoms with Crippen molar-refractivity contribution in [1.82, 2.24) is 0 Å². The number of fused-ring (bicyclic) bond motifs is 13. The summed E-state index contributed by atoms with van der Waals surface area (Å²) in [6, 6.07) is 86.6. The van der Waals surface area contributed by atoms with Gasteiger partial charge < -0.3 is 9.32 Å². The van der Waals surface area contributed by atoms with Gasteiger partial charge in [-0.3, -0.25) is 0 Å². The van der Waals surface area contributed by atoms with Crippen molar-refractivity contribution < 1.29 is 4.42 Å². The van der Waals surface area contributed by atoms with Crippen molar-refractivity contribution in [2.75, 3.05) is 4.90 Å². The second-order valence-corrected chi connectivity index (χ2v) is 16.6. The Hall–Kier alpha value is -8.20. The van der Waals surface area contributed by atoms with Crippen LogP contribution in [0.4, 0.5) is 17.1 Å². The third-order valence-electron chi connectivity index (χ3n) is 13.5. The van der Waals surface area contributed by atoms with Crippen LogP contribution in [-0.4, -0.2) is 0 Å². The highest BCUT2D eigenvalue weighted by Gasteiger charge is 2.52. The predicted molar refractivity (Wildman–Crippen MR) is 261 cm³/mol. The van der Waals surface area contributed by atoms with Gasteiger partial charge in [0.2, 0.25) is 0 Å². The zero-order valence-corrected chi connectivity index (χ0v) is 34.4. The topological polar surface area (TPSA) is 16.4 Å². The molecule has 0 unspecified atom stereocenters. The van der Waals surface area contributed by atoms with E-state index >= 15 is 0 Å². The summed E-state index contributed by atoms with van der Waals surface area (Å²) in [7, 11) is 0. The monoisotopic (exact) mass is 801 g/mol. The second-order valence-electron chi connectivity index (χ2n) is 16.6. The zero-order chi connectivity index (χ0) is 41.5. The van der Waals surface area contributed by atoms with Crippen LogP contribution in [0.2, 0.25) is 0 Å². The maximum Gasteiger partial charge on any atom is 0.136 e. The van der Waals surface area contributed by atoms with E-state index in [1.807, 2.05) is 6.07 Å². The lowest BCUT2D eigenvalue weighted by Gasteiger charge is -2.33. The minimum atomic E-state index is -0.485. The summed E-state index contributed by atoms with van der Waals surface area (Å²) in [5.41, 5.74) is 21.9. The molecule has 0 bridgehead atoms. The highest BCUT2D eigenvalue weighted by molar-refractivity contribution is 6.14. The average Bonchev–Trinajstić information content (AvgIpc) is 3.99. The number of furan rings is 1. The minimum absolute atomic E-state index is 0.485. The molecule has 294 valence electrons. The highest BCUT2D eigenvalue weighted by Crippen LogP contribution is 2.65. The summed E-state index contributed by atoms with van der Waals surface area (Å²) in [4.78, 5) is 2.55. The lowest BCUT2D eigenvalue weighted by Crippen LogP contribution is -2.26. The first kappa shape index (κ1) is 35.5. The van der Waals surface area contributed by atoms with Gasteiger partial charge in [0.15, 0.2) is 0 Å². The number of hydrogen-bond acceptors (Lipinski definition) is 2. The first-order chi connectivity index (χ1) is 31.3. The van der Waals surface area contributed by atoms with Crippen LogP contribution in [0.25, 0.3) is 77.6 Å². The molecule has 2 nitrogen and oxygen atoms in total. The van der Waals surface area contributed by atoms with Crippen LogP contribution >= 0.6 is 0 Å². The van der Waals surface area contributed by atoms with Gasteiger partial charge in [-0.15, -0.1) is 0 Å². The Morgan fingerprint density at radius 2 is 0.730 bits per heavy atom. The number of nitrogens with zero attached hydrogens (tertiary/aromatic N) is 1. The Bertz CT molecular complexity index is 3550. The highest BCUT2D eigenvalue weighted by atomic mass is 16.3. The van der Waals surface area contributed by atoms with Crippen LogP contribution in [0.15, 0.2) is 241 Å². The number of benzene rings is 10. The minimum Gasteiger partial charge on any atom is -0.456 e. The first-order valence-electron chi connectivity index (χ1n) is 21.8. The van der Waals surface area contributed by atoms with E-state index in [1.54, 1.807) is 0 Å². The molecule has 1 aromatic heterocycles. The largest absolute Gasteiger partial charge is 0.456 e. The Labute approximate surface area is 366 Å². The fourth-order valence-corrected chi connectivity index (χ4v) is 11.1. The SMILES string of the molecule is c1ccc(-c2ccccc2-c2ccccc2N(c2ccccc2-c2cccc3oc4ccccc4c23)c2cccc3c2-c2ccccc2C32c3ccccc3-c3ccccc32)cc1. The lowest BCUT2D eigenvalue weighted by molar-refractivity contribution is 0.669. The van der Waals surface area contributed by atoms with Gasteiger partial charge in [-0.1, -0.05) is 206 Å². The van der Waals surface area contributed by atoms with Gasteiger partial charge in [0, 0.05) is 27.5 Å². The fourth-order valence-electron chi connectivity index (χ4n) is 11.1. The van der Waals surface area contributed by atoms with Crippen LogP contribution < -0.4 is 4.90 Å². The number of rotatable bonds is 6. The van der Waals surface area contributed by atoms with Gasteiger partial charge in [-0.2, -0.15) is 0 Å². The Kier molecular flexibility index (Phi) is 7.85. The summed E-state index contributed by atoms with van der Waals surface area (Å²) in [6.45, 7) is 0. The van der Waals surface area contributed by atoms with Gasteiger partial charge in [0.1, 0.15) is 11.2 Å². The van der Waals surface area contributed by atoms with E-state index in [2.05, 4.69) is 235 Å². The fraction of sp³-hybridized carbons (Fsp3) is 0.0164. The van der Waals surface area contributed by atoms with E-state index < -0.39 is 5.41 Å². The second kappa shape index (κ2) is 13.9. The molecule has 63 heavy (non-hydrogen) atoms. The van der Waals surface area contributed by atoms with Crippen LogP contribution in [0.5, 0.6) is 0 Å². The molecule has 0 amide bonds. The molecule has 13 rings (SSSR count). The zero-order valence-electron chi connectivity index (χ0n) is 34.4.